The van der Waals surface area contributed by atoms with Crippen molar-refractivity contribution in [3.63, 3.8) is 0 Å². The maximum absolute atomic E-state index is 12.4. The largest absolute Gasteiger partial charge is 0.497 e. The molecule has 11 nitrogen and oxygen atoms in total. The van der Waals surface area contributed by atoms with Gasteiger partial charge in [-0.3, -0.25) is 4.79 Å². The van der Waals surface area contributed by atoms with Crippen LogP contribution in [-0.2, 0) is 4.79 Å². The summed E-state index contributed by atoms with van der Waals surface area (Å²) in [6, 6.07) is 7.66. The highest BCUT2D eigenvalue weighted by molar-refractivity contribution is 7.99. The molecule has 0 spiro atoms. The zero-order valence-electron chi connectivity index (χ0n) is 21.2. The number of hydrogen-bond donors (Lipinski definition) is 4. The van der Waals surface area contributed by atoms with E-state index in [-0.39, 0.29) is 18.4 Å². The van der Waals surface area contributed by atoms with Gasteiger partial charge in [-0.25, -0.2) is 14.6 Å². The van der Waals surface area contributed by atoms with Crippen LogP contribution in [0.4, 0.5) is 5.82 Å². The number of benzene rings is 1. The smallest absolute Gasteiger partial charge is 0.225 e. The van der Waals surface area contributed by atoms with E-state index in [0.29, 0.717) is 34.6 Å². The first-order chi connectivity index (χ1) is 17.9. The van der Waals surface area contributed by atoms with E-state index < -0.39 is 24.2 Å². The van der Waals surface area contributed by atoms with Crippen molar-refractivity contribution >= 4 is 34.7 Å². The Morgan fingerprint density at radius 3 is 2.65 bits per heavy atom. The summed E-state index contributed by atoms with van der Waals surface area (Å²) in [5.74, 6) is 1.62. The minimum absolute atomic E-state index is 0.196. The highest BCUT2D eigenvalue weighted by Gasteiger charge is 2.47. The molecule has 37 heavy (non-hydrogen) atoms. The minimum atomic E-state index is -1.19. The number of aromatic nitrogens is 5. The van der Waals surface area contributed by atoms with E-state index >= 15 is 0 Å². The van der Waals surface area contributed by atoms with Crippen LogP contribution < -0.4 is 15.4 Å². The van der Waals surface area contributed by atoms with Gasteiger partial charge in [-0.2, -0.15) is 0 Å². The Hall–Kier alpha value is -2.96. The number of methoxy groups -OCH3 is 1. The van der Waals surface area contributed by atoms with Gasteiger partial charge >= 0.3 is 0 Å². The Balaban J connectivity index is 1.42. The maximum Gasteiger partial charge on any atom is 0.225 e. The fraction of sp³-hybridized carbons (Fsp3) is 0.560. The second kappa shape index (κ2) is 10.8. The van der Waals surface area contributed by atoms with Crippen LogP contribution in [0.1, 0.15) is 50.6 Å². The van der Waals surface area contributed by atoms with Crippen molar-refractivity contribution in [1.82, 2.24) is 30.3 Å². The quantitative estimate of drug-likeness (QED) is 0.228. The first-order valence-corrected chi connectivity index (χ1v) is 13.7. The van der Waals surface area contributed by atoms with Gasteiger partial charge in [0.1, 0.15) is 11.9 Å². The predicted octanol–water partition coefficient (Wildman–Crippen LogP) is 2.12. The van der Waals surface area contributed by atoms with Crippen molar-refractivity contribution in [1.29, 1.82) is 0 Å². The summed E-state index contributed by atoms with van der Waals surface area (Å²) in [5, 5.41) is 36.9. The Morgan fingerprint density at radius 1 is 1.16 bits per heavy atom. The molecule has 1 amide bonds. The molecule has 198 valence electrons. The molecule has 2 fully saturated rings. The molecule has 2 unspecified atom stereocenters. The van der Waals surface area contributed by atoms with Crippen molar-refractivity contribution in [2.45, 2.75) is 68.5 Å². The van der Waals surface area contributed by atoms with Crippen LogP contribution in [0.3, 0.4) is 0 Å². The van der Waals surface area contributed by atoms with E-state index in [0.717, 1.165) is 24.3 Å². The van der Waals surface area contributed by atoms with Gasteiger partial charge in [-0.1, -0.05) is 36.0 Å². The van der Waals surface area contributed by atoms with Gasteiger partial charge in [0.05, 0.1) is 25.2 Å². The molecule has 3 aromatic rings. The molecule has 12 heteroatoms. The number of fused-ring (bicyclic) bond motifs is 1. The van der Waals surface area contributed by atoms with Crippen LogP contribution in [-0.4, -0.2) is 78.7 Å². The highest BCUT2D eigenvalue weighted by atomic mass is 32.2. The summed E-state index contributed by atoms with van der Waals surface area (Å²) >= 11 is 1.55. The Bertz CT molecular complexity index is 1250. The summed E-state index contributed by atoms with van der Waals surface area (Å²) in [5.41, 5.74) is 2.21. The molecule has 4 N–H and O–H groups in total. The number of nitrogens with zero attached hydrogens (tertiary/aromatic N) is 5. The third kappa shape index (κ3) is 5.10. The van der Waals surface area contributed by atoms with Gasteiger partial charge < -0.3 is 25.6 Å². The number of hydrogen-bond acceptors (Lipinski definition) is 10. The first-order valence-electron chi connectivity index (χ1n) is 12.7. The monoisotopic (exact) mass is 527 g/mol. The van der Waals surface area contributed by atoms with E-state index in [9.17, 15) is 15.0 Å². The van der Waals surface area contributed by atoms with Crippen molar-refractivity contribution in [3.05, 3.63) is 29.8 Å². The molecule has 1 aromatic carbocycles. The number of aliphatic hydroxyl groups is 2. The summed E-state index contributed by atoms with van der Waals surface area (Å²) in [4.78, 5) is 21.9. The van der Waals surface area contributed by atoms with Gasteiger partial charge in [0.25, 0.3) is 0 Å². The number of rotatable bonds is 10. The first kappa shape index (κ1) is 25.7. The molecule has 2 aromatic heterocycles. The van der Waals surface area contributed by atoms with Crippen molar-refractivity contribution in [2.75, 3.05) is 24.7 Å². The van der Waals surface area contributed by atoms with E-state index in [2.05, 4.69) is 40.0 Å². The molecule has 0 aliphatic heterocycles. The molecule has 2 aliphatic rings. The lowest BCUT2D eigenvalue weighted by atomic mass is 10.0. The van der Waals surface area contributed by atoms with Gasteiger partial charge in [-0.15, -0.1) is 5.10 Å². The highest BCUT2D eigenvalue weighted by Crippen LogP contribution is 2.44. The number of aliphatic hydroxyl groups excluding tert-OH is 2. The van der Waals surface area contributed by atoms with Crippen LogP contribution in [0.15, 0.2) is 29.4 Å². The normalized spacial score (nSPS) is 26.8. The van der Waals surface area contributed by atoms with Crippen molar-refractivity contribution in [2.24, 2.45) is 5.92 Å². The second-order valence-electron chi connectivity index (χ2n) is 9.56. The lowest BCUT2D eigenvalue weighted by Crippen LogP contribution is -2.38. The average molecular weight is 528 g/mol. The van der Waals surface area contributed by atoms with Crippen LogP contribution in [0, 0.1) is 5.92 Å². The van der Waals surface area contributed by atoms with Crippen molar-refractivity contribution in [3.8, 4) is 5.75 Å². The molecule has 2 heterocycles. The fourth-order valence-corrected chi connectivity index (χ4v) is 5.65. The van der Waals surface area contributed by atoms with E-state index in [1.54, 1.807) is 23.6 Å². The lowest BCUT2D eigenvalue weighted by Gasteiger charge is -2.17. The molecule has 2 aliphatic carbocycles. The number of anilines is 1. The fourth-order valence-electron chi connectivity index (χ4n) is 4.96. The molecular weight excluding hydrogens is 494 g/mol. The van der Waals surface area contributed by atoms with E-state index in [4.69, 9.17) is 14.7 Å². The van der Waals surface area contributed by atoms with Crippen LogP contribution in [0.25, 0.3) is 11.2 Å². The maximum atomic E-state index is 12.4. The third-order valence-corrected chi connectivity index (χ3v) is 8.10. The minimum Gasteiger partial charge on any atom is -0.497 e. The zero-order chi connectivity index (χ0) is 26.1. The molecular formula is C25H33N7O4S. The van der Waals surface area contributed by atoms with Gasteiger partial charge in [0.2, 0.25) is 5.91 Å². The Labute approximate surface area is 219 Å². The summed E-state index contributed by atoms with van der Waals surface area (Å²) in [6.07, 6.45) is -0.195. The molecule has 6 atom stereocenters. The molecule has 0 saturated heterocycles. The van der Waals surface area contributed by atoms with Gasteiger partial charge in [-0.05, 0) is 43.9 Å². The van der Waals surface area contributed by atoms with Crippen LogP contribution >= 0.6 is 11.8 Å². The predicted molar refractivity (Wildman–Crippen MR) is 140 cm³/mol. The number of carbonyl (C=O) groups is 1. The topological polar surface area (TPSA) is 147 Å². The summed E-state index contributed by atoms with van der Waals surface area (Å²) in [7, 11) is 1.66. The summed E-state index contributed by atoms with van der Waals surface area (Å²) < 4.78 is 6.81. The number of thioether (sulfide) groups is 1. The molecule has 0 bridgehead atoms. The number of ether oxygens (including phenoxy) is 1. The SMILES string of the molecule is CCCSc1nc(NC2CC2c2ccc(OC)cc2)c2nnn([C@@H]3C[C@H](C(=O)NCC)[C@@H](O)[C@H]3O)c2n1. The Kier molecular flexibility index (Phi) is 7.50. The second-order valence-corrected chi connectivity index (χ2v) is 10.6. The molecule has 2 saturated carbocycles. The van der Waals surface area contributed by atoms with Gasteiger partial charge in [0, 0.05) is 24.3 Å². The average Bonchev–Trinajstić information content (AvgIpc) is 3.44. The third-order valence-electron chi connectivity index (χ3n) is 7.05. The van der Waals surface area contributed by atoms with Gasteiger partial charge in [0.15, 0.2) is 22.1 Å². The van der Waals surface area contributed by atoms with Crippen LogP contribution in [0.5, 0.6) is 5.75 Å². The molecule has 0 radical (unpaired) electrons. The lowest BCUT2D eigenvalue weighted by molar-refractivity contribution is -0.128. The van der Waals surface area contributed by atoms with Crippen molar-refractivity contribution < 1.29 is 19.7 Å². The number of carbonyl (C=O) groups excluding carboxylic acids is 1. The standard InChI is InChI=1S/C25H33N7O4S/c1-4-10-37-25-28-22(27-17-11-15(17)13-6-8-14(36-3)9-7-13)19-23(29-25)32(31-30-19)18-12-16(20(33)21(18)34)24(35)26-5-2/h6-9,15-18,20-21,33-34H,4-5,10-12H2,1-3H3,(H,26,35)(H,27,28,29)/t15?,16-,17?,18+,20+,21-/m0/s1. The zero-order valence-corrected chi connectivity index (χ0v) is 22.0. The number of amides is 1. The van der Waals surface area contributed by atoms with E-state index in [1.807, 2.05) is 19.1 Å². The van der Waals surface area contributed by atoms with E-state index in [1.165, 1.54) is 5.56 Å². The van der Waals surface area contributed by atoms with Crippen LogP contribution in [0.2, 0.25) is 0 Å². The molecule has 5 rings (SSSR count). The Morgan fingerprint density at radius 2 is 1.95 bits per heavy atom. The number of nitrogens with one attached hydrogen (secondary N) is 2. The summed E-state index contributed by atoms with van der Waals surface area (Å²) in [6.45, 7) is 4.37.